The Labute approximate surface area is 190 Å². The highest BCUT2D eigenvalue weighted by molar-refractivity contribution is 9.12. The molecule has 1 N–H and O–H groups in total. The summed E-state index contributed by atoms with van der Waals surface area (Å²) in [5.74, 6) is -0.0250. The molecule has 1 saturated carbocycles. The normalized spacial score (nSPS) is 21.3. The van der Waals surface area contributed by atoms with Crippen LogP contribution in [0.3, 0.4) is 0 Å². The van der Waals surface area contributed by atoms with E-state index in [9.17, 15) is 9.59 Å². The molecule has 0 aliphatic heterocycles. The minimum absolute atomic E-state index is 0.00669. The van der Waals surface area contributed by atoms with Gasteiger partial charge in [-0.3, -0.25) is 9.59 Å². The Kier molecular flexibility index (Phi) is 15.5. The first-order chi connectivity index (χ1) is 14.0. The van der Waals surface area contributed by atoms with E-state index in [2.05, 4.69) is 38.8 Å². The molecule has 29 heavy (non-hydrogen) atoms. The maximum absolute atomic E-state index is 12.2. The number of aliphatic hydroxyl groups excluding tert-OH is 1. The van der Waals surface area contributed by atoms with Gasteiger partial charge in [-0.1, -0.05) is 38.8 Å². The van der Waals surface area contributed by atoms with Crippen LogP contribution in [-0.4, -0.2) is 79.4 Å². The smallest absolute Gasteiger partial charge is 0.306 e. The Morgan fingerprint density at radius 2 is 1.62 bits per heavy atom. The highest BCUT2D eigenvalue weighted by atomic mass is 79.9. The lowest BCUT2D eigenvalue weighted by Crippen LogP contribution is -2.25. The van der Waals surface area contributed by atoms with E-state index in [0.29, 0.717) is 50.9 Å². The summed E-state index contributed by atoms with van der Waals surface area (Å²) in [4.78, 5) is 24.9. The third-order valence-electron chi connectivity index (χ3n) is 4.90. The zero-order valence-corrected chi connectivity index (χ0v) is 20.3. The minimum Gasteiger partial charge on any atom is -0.463 e. The SMILES string of the molecule is CCC(Br)C(Br)CC1C(=O)CCC1CC(=O)OCCOCCOCCOCCO. The molecule has 1 rings (SSSR count). The molecule has 9 heteroatoms. The number of rotatable bonds is 17. The minimum atomic E-state index is -0.271. The van der Waals surface area contributed by atoms with E-state index in [0.717, 1.165) is 19.3 Å². The maximum Gasteiger partial charge on any atom is 0.306 e. The molecule has 0 amide bonds. The van der Waals surface area contributed by atoms with Crippen molar-refractivity contribution in [3.63, 3.8) is 0 Å². The summed E-state index contributed by atoms with van der Waals surface area (Å²) in [6.07, 6.45) is 3.32. The van der Waals surface area contributed by atoms with Crippen LogP contribution in [0, 0.1) is 11.8 Å². The monoisotopic (exact) mass is 544 g/mol. The topological polar surface area (TPSA) is 91.3 Å². The number of hydrogen-bond donors (Lipinski definition) is 1. The number of ketones is 1. The van der Waals surface area contributed by atoms with Gasteiger partial charge in [0.05, 0.1) is 46.2 Å². The Hall–Kier alpha value is -0.0600. The molecule has 0 radical (unpaired) electrons. The summed E-state index contributed by atoms with van der Waals surface area (Å²) >= 11 is 7.30. The van der Waals surface area contributed by atoms with E-state index in [1.165, 1.54) is 0 Å². The summed E-state index contributed by atoms with van der Waals surface area (Å²) in [5, 5.41) is 8.56. The molecule has 0 aromatic heterocycles. The van der Waals surface area contributed by atoms with Crippen LogP contribution in [0.5, 0.6) is 0 Å². The summed E-state index contributed by atoms with van der Waals surface area (Å²) < 4.78 is 21.0. The van der Waals surface area contributed by atoms with Gasteiger partial charge in [-0.15, -0.1) is 0 Å². The molecule has 0 saturated heterocycles. The molecule has 1 aliphatic carbocycles. The van der Waals surface area contributed by atoms with Gasteiger partial charge in [0, 0.05) is 28.4 Å². The Morgan fingerprint density at radius 1 is 1.03 bits per heavy atom. The lowest BCUT2D eigenvalue weighted by Gasteiger charge is -2.22. The Bertz CT molecular complexity index is 464. The van der Waals surface area contributed by atoms with Gasteiger partial charge in [0.2, 0.25) is 0 Å². The van der Waals surface area contributed by atoms with Gasteiger partial charge in [-0.25, -0.2) is 0 Å². The molecule has 4 unspecified atom stereocenters. The number of alkyl halides is 2. The van der Waals surface area contributed by atoms with Crippen LogP contribution in [-0.2, 0) is 28.5 Å². The lowest BCUT2D eigenvalue weighted by molar-refractivity contribution is -0.146. The summed E-state index contributed by atoms with van der Waals surface area (Å²) in [6.45, 7) is 4.66. The number of esters is 1. The van der Waals surface area contributed by atoms with Crippen molar-refractivity contribution in [2.24, 2.45) is 11.8 Å². The predicted molar refractivity (Wildman–Crippen MR) is 117 cm³/mol. The number of halogens is 2. The lowest BCUT2D eigenvalue weighted by atomic mass is 9.88. The summed E-state index contributed by atoms with van der Waals surface area (Å²) in [5.41, 5.74) is 0. The number of Topliss-reactive ketones (excluding diaryl/α,β-unsaturated/α-hetero) is 1. The molecule has 0 aromatic rings. The third-order valence-corrected chi connectivity index (χ3v) is 7.91. The fraction of sp³-hybridized carbons (Fsp3) is 0.900. The molecule has 4 atom stereocenters. The largest absolute Gasteiger partial charge is 0.463 e. The second-order valence-electron chi connectivity index (χ2n) is 7.03. The molecule has 1 aliphatic rings. The van der Waals surface area contributed by atoms with Gasteiger partial charge in [0.25, 0.3) is 0 Å². The third kappa shape index (κ3) is 11.8. The van der Waals surface area contributed by atoms with E-state index < -0.39 is 0 Å². The summed E-state index contributed by atoms with van der Waals surface area (Å²) in [7, 11) is 0. The fourth-order valence-corrected chi connectivity index (χ4v) is 4.28. The molecule has 7 nitrogen and oxygen atoms in total. The van der Waals surface area contributed by atoms with Crippen LogP contribution in [0.4, 0.5) is 0 Å². The van der Waals surface area contributed by atoms with Gasteiger partial charge in [0.15, 0.2) is 0 Å². The molecule has 1 fully saturated rings. The number of carbonyl (C=O) groups is 2. The van der Waals surface area contributed by atoms with Gasteiger partial charge in [-0.2, -0.15) is 0 Å². The van der Waals surface area contributed by atoms with Crippen molar-refractivity contribution in [3.05, 3.63) is 0 Å². The molecular formula is C20H34Br2O7. The van der Waals surface area contributed by atoms with E-state index >= 15 is 0 Å². The first-order valence-corrected chi connectivity index (χ1v) is 12.1. The van der Waals surface area contributed by atoms with Crippen molar-refractivity contribution >= 4 is 43.6 Å². The van der Waals surface area contributed by atoms with Crippen LogP contribution in [0.25, 0.3) is 0 Å². The van der Waals surface area contributed by atoms with Crippen molar-refractivity contribution in [1.82, 2.24) is 0 Å². The predicted octanol–water partition coefficient (Wildman–Crippen LogP) is 2.88. The van der Waals surface area contributed by atoms with Crippen molar-refractivity contribution in [3.8, 4) is 0 Å². The quantitative estimate of drug-likeness (QED) is 0.171. The first kappa shape index (κ1) is 27.0. The average molecular weight is 546 g/mol. The van der Waals surface area contributed by atoms with E-state index in [1.807, 2.05) is 0 Å². The Morgan fingerprint density at radius 3 is 2.21 bits per heavy atom. The zero-order valence-electron chi connectivity index (χ0n) is 17.2. The molecule has 170 valence electrons. The van der Waals surface area contributed by atoms with E-state index in [-0.39, 0.29) is 48.1 Å². The highest BCUT2D eigenvalue weighted by Crippen LogP contribution is 2.37. The molecular weight excluding hydrogens is 512 g/mol. The second kappa shape index (κ2) is 16.6. The number of hydrogen-bond acceptors (Lipinski definition) is 7. The molecule has 0 spiro atoms. The van der Waals surface area contributed by atoms with Crippen LogP contribution < -0.4 is 0 Å². The van der Waals surface area contributed by atoms with Crippen LogP contribution in [0.1, 0.15) is 39.0 Å². The summed E-state index contributed by atoms with van der Waals surface area (Å²) in [6, 6.07) is 0. The van der Waals surface area contributed by atoms with Crippen LogP contribution in [0.2, 0.25) is 0 Å². The van der Waals surface area contributed by atoms with Crippen LogP contribution >= 0.6 is 31.9 Å². The van der Waals surface area contributed by atoms with Crippen molar-refractivity contribution < 1.29 is 33.6 Å². The van der Waals surface area contributed by atoms with Gasteiger partial charge >= 0.3 is 5.97 Å². The maximum atomic E-state index is 12.2. The van der Waals surface area contributed by atoms with E-state index in [4.69, 9.17) is 24.1 Å². The second-order valence-corrected chi connectivity index (χ2v) is 9.39. The number of ether oxygens (including phenoxy) is 4. The van der Waals surface area contributed by atoms with Crippen molar-refractivity contribution in [2.75, 3.05) is 52.9 Å². The van der Waals surface area contributed by atoms with Crippen molar-refractivity contribution in [2.45, 2.75) is 48.7 Å². The number of carbonyl (C=O) groups excluding carboxylic acids is 2. The molecule has 0 aromatic carbocycles. The van der Waals surface area contributed by atoms with Crippen LogP contribution in [0.15, 0.2) is 0 Å². The van der Waals surface area contributed by atoms with E-state index in [1.54, 1.807) is 0 Å². The van der Waals surface area contributed by atoms with Gasteiger partial charge < -0.3 is 24.1 Å². The zero-order chi connectivity index (χ0) is 21.5. The van der Waals surface area contributed by atoms with Crippen molar-refractivity contribution in [1.29, 1.82) is 0 Å². The molecule has 0 heterocycles. The Balaban J connectivity index is 2.12. The average Bonchev–Trinajstić information content (AvgIpc) is 3.04. The number of aliphatic hydroxyl groups is 1. The molecule has 0 bridgehead atoms. The van der Waals surface area contributed by atoms with Gasteiger partial charge in [0.1, 0.15) is 12.4 Å². The standard InChI is InChI=1S/C20H34Br2O7/c1-2-17(21)18(22)14-16-15(3-4-19(16)24)13-20(25)29-12-11-28-10-9-27-8-7-26-6-5-23/h15-18,23H,2-14H2,1H3. The van der Waals surface area contributed by atoms with Gasteiger partial charge in [-0.05, 0) is 25.2 Å². The fourth-order valence-electron chi connectivity index (χ4n) is 3.29. The first-order valence-electron chi connectivity index (χ1n) is 10.3. The highest BCUT2D eigenvalue weighted by Gasteiger charge is 2.37.